The molecule has 1 amide bonds. The number of ether oxygens (including phenoxy) is 1. The number of likely N-dealkylation sites (tertiary alicyclic amines) is 1. The Morgan fingerprint density at radius 2 is 1.89 bits per heavy atom. The van der Waals surface area contributed by atoms with Crippen LogP contribution >= 0.6 is 11.8 Å². The summed E-state index contributed by atoms with van der Waals surface area (Å²) < 4.78 is 86.3. The fraction of sp³-hybridized carbons (Fsp3) is 0.667. The number of thioether (sulfide) groups is 1. The molecular weight excluding hydrogens is 524 g/mol. The molecule has 4 atom stereocenters. The van der Waals surface area contributed by atoms with E-state index in [1.807, 2.05) is 11.0 Å². The zero-order chi connectivity index (χ0) is 27.0. The number of amidine groups is 1. The summed E-state index contributed by atoms with van der Waals surface area (Å²) in [5.41, 5.74) is -1.22. The number of nitrogens with one attached hydrogen (secondary N) is 1. The highest BCUT2D eigenvalue weighted by Crippen LogP contribution is 2.47. The maximum Gasteiger partial charge on any atom is 0.412 e. The number of allylic oxidation sites excluding steroid dienone is 4. The Balaban J connectivity index is 1.41. The minimum Gasteiger partial charge on any atom is -0.391 e. The first kappa shape index (κ1) is 28.2. The summed E-state index contributed by atoms with van der Waals surface area (Å²) >= 11 is 1.00. The zero-order valence-corrected chi connectivity index (χ0v) is 20.9. The highest BCUT2D eigenvalue weighted by molar-refractivity contribution is 8.18. The van der Waals surface area contributed by atoms with Crippen LogP contribution in [-0.4, -0.2) is 78.4 Å². The Bertz CT molecular complexity index is 999. The second-order valence-electron chi connectivity index (χ2n) is 9.80. The summed E-state index contributed by atoms with van der Waals surface area (Å²) in [5.74, 6) is -3.46. The van der Waals surface area contributed by atoms with Crippen LogP contribution in [0.25, 0.3) is 0 Å². The Kier molecular flexibility index (Phi) is 8.46. The fourth-order valence-electron chi connectivity index (χ4n) is 5.24. The van der Waals surface area contributed by atoms with Crippen LogP contribution in [0, 0.1) is 17.8 Å². The van der Waals surface area contributed by atoms with Crippen molar-refractivity contribution in [2.75, 3.05) is 32.8 Å². The molecule has 3 heterocycles. The summed E-state index contributed by atoms with van der Waals surface area (Å²) in [6, 6.07) is -0.479. The molecule has 3 fully saturated rings. The predicted molar refractivity (Wildman–Crippen MR) is 127 cm³/mol. The molecule has 206 valence electrons. The SMILES string of the molecule is CC1C(C(F)(F)F)=CC=C(CN2CCC(/C=C3\SC(=O)NC3=N[C@H]3COCC[C@@H]3O)CC2)C1C(F)(F)F. The van der Waals surface area contributed by atoms with Crippen molar-refractivity contribution in [1.29, 1.82) is 0 Å². The molecule has 3 aliphatic heterocycles. The molecule has 13 heteroatoms. The molecule has 0 bridgehead atoms. The molecule has 0 saturated carbocycles. The molecule has 0 spiro atoms. The van der Waals surface area contributed by atoms with Gasteiger partial charge in [0.2, 0.25) is 0 Å². The summed E-state index contributed by atoms with van der Waals surface area (Å²) in [6.07, 6.45) is -4.89. The van der Waals surface area contributed by atoms with Crippen molar-refractivity contribution in [3.05, 3.63) is 34.3 Å². The first-order valence-electron chi connectivity index (χ1n) is 12.1. The van der Waals surface area contributed by atoms with Gasteiger partial charge in [0.1, 0.15) is 11.9 Å². The number of nitrogens with zero attached hydrogens (tertiary/aromatic N) is 2. The molecule has 4 rings (SSSR count). The molecule has 0 aromatic rings. The average molecular weight is 554 g/mol. The van der Waals surface area contributed by atoms with E-state index >= 15 is 0 Å². The molecule has 0 aromatic carbocycles. The lowest BCUT2D eigenvalue weighted by Crippen LogP contribution is -2.42. The van der Waals surface area contributed by atoms with Crippen LogP contribution in [0.15, 0.2) is 39.3 Å². The number of aliphatic hydroxyl groups is 1. The van der Waals surface area contributed by atoms with E-state index in [-0.39, 0.29) is 29.9 Å². The van der Waals surface area contributed by atoms with Crippen molar-refractivity contribution in [2.24, 2.45) is 22.7 Å². The maximum atomic E-state index is 13.8. The van der Waals surface area contributed by atoms with Gasteiger partial charge < -0.3 is 15.2 Å². The Morgan fingerprint density at radius 1 is 1.19 bits per heavy atom. The topological polar surface area (TPSA) is 74.2 Å². The van der Waals surface area contributed by atoms with E-state index in [4.69, 9.17) is 4.74 Å². The lowest BCUT2D eigenvalue weighted by molar-refractivity contribution is -0.181. The van der Waals surface area contributed by atoms with Gasteiger partial charge in [0.15, 0.2) is 0 Å². The molecule has 37 heavy (non-hydrogen) atoms. The first-order valence-corrected chi connectivity index (χ1v) is 13.0. The molecule has 0 aromatic heterocycles. The quantitative estimate of drug-likeness (QED) is 0.488. The normalized spacial score (nSPS) is 33.0. The van der Waals surface area contributed by atoms with Crippen LogP contribution in [0.5, 0.6) is 0 Å². The molecule has 4 aliphatic rings. The number of amides is 1. The van der Waals surface area contributed by atoms with Crippen LogP contribution in [0.3, 0.4) is 0 Å². The Labute approximate surface area is 214 Å². The maximum absolute atomic E-state index is 13.8. The molecule has 6 nitrogen and oxygen atoms in total. The number of alkyl halides is 6. The van der Waals surface area contributed by atoms with Gasteiger partial charge in [-0.05, 0) is 55.6 Å². The monoisotopic (exact) mass is 553 g/mol. The smallest absolute Gasteiger partial charge is 0.391 e. The highest BCUT2D eigenvalue weighted by atomic mass is 32.2. The standard InChI is InChI=1S/C24H29F6N3O3S/c1-13-16(23(25,26)27)3-2-15(20(13)24(28,29)30)11-33-7-4-14(5-8-33)10-19-21(32-22(35)37-19)31-17-12-36-9-6-18(17)34/h2-3,10,13-14,17-18,20,34H,4-9,11-12H2,1H3,(H,31,32,35)/b19-10-/t13?,17-,18-,20?/m0/s1. The largest absolute Gasteiger partial charge is 0.412 e. The zero-order valence-electron chi connectivity index (χ0n) is 20.1. The molecular formula is C24H29F6N3O3S. The van der Waals surface area contributed by atoms with Gasteiger partial charge in [-0.25, -0.2) is 0 Å². The van der Waals surface area contributed by atoms with Crippen LogP contribution in [0.1, 0.15) is 26.2 Å². The van der Waals surface area contributed by atoms with E-state index in [1.54, 1.807) is 0 Å². The van der Waals surface area contributed by atoms with Gasteiger partial charge in [0.25, 0.3) is 5.24 Å². The number of rotatable bonds is 4. The number of hydrogen-bond acceptors (Lipinski definition) is 6. The second kappa shape index (κ2) is 11.1. The van der Waals surface area contributed by atoms with Gasteiger partial charge in [-0.2, -0.15) is 26.3 Å². The van der Waals surface area contributed by atoms with Gasteiger partial charge in [0.05, 0.1) is 23.5 Å². The third kappa shape index (κ3) is 6.79. The molecule has 3 saturated heterocycles. The third-order valence-electron chi connectivity index (χ3n) is 7.21. The number of aliphatic hydroxyl groups excluding tert-OH is 1. The number of piperidine rings is 1. The van der Waals surface area contributed by atoms with Crippen molar-refractivity contribution >= 4 is 22.8 Å². The van der Waals surface area contributed by atoms with Gasteiger partial charge >= 0.3 is 12.4 Å². The van der Waals surface area contributed by atoms with Crippen molar-refractivity contribution < 1.29 is 41.0 Å². The van der Waals surface area contributed by atoms with Gasteiger partial charge in [0, 0.05) is 24.6 Å². The third-order valence-corrected chi connectivity index (χ3v) is 8.05. The van der Waals surface area contributed by atoms with Gasteiger partial charge in [-0.1, -0.05) is 25.2 Å². The molecule has 1 aliphatic carbocycles. The van der Waals surface area contributed by atoms with Crippen LogP contribution in [0.2, 0.25) is 0 Å². The number of aliphatic imine (C=N–C) groups is 1. The van der Waals surface area contributed by atoms with Gasteiger partial charge in [-0.3, -0.25) is 14.7 Å². The summed E-state index contributed by atoms with van der Waals surface area (Å²) in [7, 11) is 0. The lowest BCUT2D eigenvalue weighted by Gasteiger charge is -2.37. The minimum atomic E-state index is -4.81. The fourth-order valence-corrected chi connectivity index (χ4v) is 6.05. The van der Waals surface area contributed by atoms with E-state index in [0.29, 0.717) is 49.7 Å². The predicted octanol–water partition coefficient (Wildman–Crippen LogP) is 4.83. The van der Waals surface area contributed by atoms with Crippen LogP contribution in [-0.2, 0) is 4.74 Å². The van der Waals surface area contributed by atoms with Crippen molar-refractivity contribution in [2.45, 2.75) is 50.7 Å². The number of carbonyl (C=O) groups is 1. The van der Waals surface area contributed by atoms with Crippen molar-refractivity contribution in [1.82, 2.24) is 10.2 Å². The number of hydrogen-bond donors (Lipinski definition) is 2. The Hall–Kier alpha value is -1.83. The van der Waals surface area contributed by atoms with Crippen LogP contribution < -0.4 is 5.32 Å². The second-order valence-corrected chi connectivity index (χ2v) is 10.8. The van der Waals surface area contributed by atoms with E-state index in [1.165, 1.54) is 0 Å². The van der Waals surface area contributed by atoms with E-state index < -0.39 is 41.9 Å². The lowest BCUT2D eigenvalue weighted by atomic mass is 9.77. The van der Waals surface area contributed by atoms with Crippen molar-refractivity contribution in [3.63, 3.8) is 0 Å². The van der Waals surface area contributed by atoms with E-state index in [2.05, 4.69) is 10.3 Å². The molecule has 2 unspecified atom stereocenters. The van der Waals surface area contributed by atoms with E-state index in [9.17, 15) is 36.2 Å². The highest BCUT2D eigenvalue weighted by Gasteiger charge is 2.52. The number of carbonyl (C=O) groups excluding carboxylic acids is 1. The van der Waals surface area contributed by atoms with Crippen LogP contribution in [0.4, 0.5) is 31.1 Å². The Morgan fingerprint density at radius 3 is 2.51 bits per heavy atom. The minimum absolute atomic E-state index is 0.0542. The van der Waals surface area contributed by atoms with Crippen molar-refractivity contribution in [3.8, 4) is 0 Å². The summed E-state index contributed by atoms with van der Waals surface area (Å²) in [6.45, 7) is 2.56. The number of halogens is 6. The molecule has 0 radical (unpaired) electrons. The van der Waals surface area contributed by atoms with Gasteiger partial charge in [-0.15, -0.1) is 0 Å². The van der Waals surface area contributed by atoms with E-state index in [0.717, 1.165) is 30.8 Å². The summed E-state index contributed by atoms with van der Waals surface area (Å²) in [5, 5.41) is 12.6. The summed E-state index contributed by atoms with van der Waals surface area (Å²) in [4.78, 5) is 18.9. The average Bonchev–Trinajstić information content (AvgIpc) is 3.13. The first-order chi connectivity index (χ1) is 17.3. The molecule has 2 N–H and O–H groups in total.